The van der Waals surface area contributed by atoms with Gasteiger partial charge in [-0.1, -0.05) is 271 Å². The molecule has 0 saturated heterocycles. The summed E-state index contributed by atoms with van der Waals surface area (Å²) in [6.45, 7) is 44.3. The van der Waals surface area contributed by atoms with Gasteiger partial charge in [-0.3, -0.25) is 0 Å². The SMILES string of the molecule is CC(C)c1ccc(N(c2cc3c4c(c2)N(c2cc(-c5ccc(C(C)(C)C)cc5)cc(-c5ccc(C(C)(C)C)cc5)c2)c2ccc(C(C)(C)C)cc2B4c2cc(C(C)(C)C)ccc2N3c2ccc(C(C)(C)C)cc2)c2ccc3c(c2)C(C)(C)c2ccc4ccccc4c2-3)cc1. The molecule has 2 aliphatic heterocycles. The van der Waals surface area contributed by atoms with Crippen molar-refractivity contribution >= 4 is 85.1 Å². The van der Waals surface area contributed by atoms with Gasteiger partial charge in [0.05, 0.1) is 5.69 Å². The van der Waals surface area contributed by atoms with Crippen LogP contribution < -0.4 is 31.1 Å². The summed E-state index contributed by atoms with van der Waals surface area (Å²) in [5.41, 5.74) is 31.8. The number of rotatable bonds is 8. The monoisotopic (exact) mass is 1230 g/mol. The molecule has 4 heteroatoms. The second-order valence-corrected chi connectivity index (χ2v) is 33.4. The van der Waals surface area contributed by atoms with Gasteiger partial charge >= 0.3 is 0 Å². The van der Waals surface area contributed by atoms with Crippen LogP contribution in [0.5, 0.6) is 0 Å². The van der Waals surface area contributed by atoms with Gasteiger partial charge in [0.15, 0.2) is 0 Å². The summed E-state index contributed by atoms with van der Waals surface area (Å²) < 4.78 is 0. The van der Waals surface area contributed by atoms with E-state index >= 15 is 0 Å². The summed E-state index contributed by atoms with van der Waals surface area (Å²) in [5.74, 6) is 0.375. The Balaban J connectivity index is 1.11. The minimum absolute atomic E-state index is 0.0133. The summed E-state index contributed by atoms with van der Waals surface area (Å²) in [6, 6.07) is 86.0. The Morgan fingerprint density at radius 3 is 1.31 bits per heavy atom. The highest BCUT2D eigenvalue weighted by atomic mass is 15.2. The van der Waals surface area contributed by atoms with Crippen LogP contribution in [0.15, 0.2) is 218 Å². The number of hydrogen-bond donors (Lipinski definition) is 0. The van der Waals surface area contributed by atoms with Crippen molar-refractivity contribution in [2.45, 2.75) is 170 Å². The topological polar surface area (TPSA) is 9.72 Å². The van der Waals surface area contributed by atoms with Gasteiger partial charge in [0.1, 0.15) is 0 Å². The lowest BCUT2D eigenvalue weighted by Crippen LogP contribution is -2.61. The maximum absolute atomic E-state index is 2.66. The summed E-state index contributed by atoms with van der Waals surface area (Å²) in [7, 11) is 0. The molecule has 0 atom stereocenters. The van der Waals surface area contributed by atoms with Crippen LogP contribution in [0.1, 0.15) is 182 Å². The van der Waals surface area contributed by atoms with Crippen LogP contribution in [0.4, 0.5) is 51.2 Å². The number of anilines is 9. The van der Waals surface area contributed by atoms with E-state index in [0.717, 1.165) is 34.1 Å². The van der Waals surface area contributed by atoms with Crippen LogP contribution in [-0.2, 0) is 32.5 Å². The third kappa shape index (κ3) is 10.8. The minimum Gasteiger partial charge on any atom is -0.311 e. The van der Waals surface area contributed by atoms with Crippen molar-refractivity contribution in [1.82, 2.24) is 0 Å². The molecule has 94 heavy (non-hydrogen) atoms. The molecule has 14 rings (SSSR count). The molecule has 1 aliphatic carbocycles. The zero-order valence-corrected chi connectivity index (χ0v) is 59.3. The molecule has 11 aromatic rings. The zero-order chi connectivity index (χ0) is 66.5. The number of nitrogens with zero attached hydrogens (tertiary/aromatic N) is 3. The van der Waals surface area contributed by atoms with Crippen molar-refractivity contribution in [3.05, 3.63) is 263 Å². The van der Waals surface area contributed by atoms with E-state index in [1.807, 2.05) is 0 Å². The van der Waals surface area contributed by atoms with Gasteiger partial charge in [-0.2, -0.15) is 0 Å². The third-order valence-electron chi connectivity index (χ3n) is 21.0. The van der Waals surface area contributed by atoms with Crippen molar-refractivity contribution in [3.8, 4) is 33.4 Å². The maximum Gasteiger partial charge on any atom is 0.252 e. The van der Waals surface area contributed by atoms with Crippen LogP contribution in [0.3, 0.4) is 0 Å². The van der Waals surface area contributed by atoms with Crippen molar-refractivity contribution in [3.63, 3.8) is 0 Å². The van der Waals surface area contributed by atoms with Gasteiger partial charge in [-0.25, -0.2) is 0 Å². The lowest BCUT2D eigenvalue weighted by molar-refractivity contribution is 0.590. The molecular formula is C90H94BN3. The van der Waals surface area contributed by atoms with Gasteiger partial charge in [0.25, 0.3) is 6.71 Å². The molecule has 3 nitrogen and oxygen atoms in total. The van der Waals surface area contributed by atoms with E-state index in [9.17, 15) is 0 Å². The van der Waals surface area contributed by atoms with E-state index in [2.05, 4.69) is 365 Å². The molecule has 2 heterocycles. The molecule has 0 unspecified atom stereocenters. The first-order chi connectivity index (χ1) is 44.3. The molecule has 0 spiro atoms. The van der Waals surface area contributed by atoms with Crippen molar-refractivity contribution in [2.75, 3.05) is 14.7 Å². The van der Waals surface area contributed by atoms with E-state index in [-0.39, 0.29) is 39.2 Å². The average molecular weight is 1230 g/mol. The fourth-order valence-electron chi connectivity index (χ4n) is 15.2. The molecule has 11 aromatic carbocycles. The highest BCUT2D eigenvalue weighted by Gasteiger charge is 2.46. The predicted molar refractivity (Wildman–Crippen MR) is 409 cm³/mol. The summed E-state index contributed by atoms with van der Waals surface area (Å²) in [4.78, 5) is 7.85. The highest BCUT2D eigenvalue weighted by Crippen LogP contribution is 2.55. The molecule has 0 fully saturated rings. The third-order valence-corrected chi connectivity index (χ3v) is 21.0. The summed E-state index contributed by atoms with van der Waals surface area (Å²) >= 11 is 0. The molecule has 472 valence electrons. The van der Waals surface area contributed by atoms with Crippen molar-refractivity contribution < 1.29 is 0 Å². The van der Waals surface area contributed by atoms with Crippen molar-refractivity contribution in [2.24, 2.45) is 0 Å². The Hall–Kier alpha value is -8.86. The molecule has 3 aliphatic rings. The van der Waals surface area contributed by atoms with Gasteiger partial charge in [-0.15, -0.1) is 0 Å². The average Bonchev–Trinajstić information content (AvgIpc) is 1.14. The Morgan fingerprint density at radius 1 is 0.362 bits per heavy atom. The van der Waals surface area contributed by atoms with E-state index in [0.29, 0.717) is 5.92 Å². The summed E-state index contributed by atoms with van der Waals surface area (Å²) in [6.07, 6.45) is 0. The maximum atomic E-state index is 2.66. The lowest BCUT2D eigenvalue weighted by atomic mass is 9.33. The Labute approximate surface area is 562 Å². The largest absolute Gasteiger partial charge is 0.311 e. The molecule has 0 aromatic heterocycles. The lowest BCUT2D eigenvalue weighted by Gasteiger charge is -2.46. The van der Waals surface area contributed by atoms with Gasteiger partial charge in [0, 0.05) is 50.9 Å². The first-order valence-corrected chi connectivity index (χ1v) is 34.4. The Morgan fingerprint density at radius 2 is 0.819 bits per heavy atom. The normalized spacial score (nSPS) is 14.2. The molecule has 0 saturated carbocycles. The Kier molecular flexibility index (Phi) is 14.7. The number of fused-ring (bicyclic) bond motifs is 9. The minimum atomic E-state index is -0.256. The van der Waals surface area contributed by atoms with E-state index < -0.39 is 0 Å². The molecular weight excluding hydrogens is 1130 g/mol. The Bertz CT molecular complexity index is 4700. The van der Waals surface area contributed by atoms with Crippen LogP contribution >= 0.6 is 0 Å². The van der Waals surface area contributed by atoms with Crippen molar-refractivity contribution in [1.29, 1.82) is 0 Å². The van der Waals surface area contributed by atoms with Crippen LogP contribution in [0.2, 0.25) is 0 Å². The predicted octanol–water partition coefficient (Wildman–Crippen LogP) is 23.6. The second-order valence-electron chi connectivity index (χ2n) is 33.4. The second kappa shape index (κ2) is 22.1. The standard InChI is InChI=1S/C90H94BN3/c1-56(2)57-28-39-68(40-29-57)92(70-43-44-74-76(53-70)90(18,19)75-45-30-60-22-20-21-23-73(60)83(74)75)72-54-81-84-82(55-72)94(71-49-61(58-24-31-63(32-25-58)85(3,4)5)48-62(50-71)59-26-33-64(34-27-59)86(6,7)8)80-47-38-67(89(15,16)17)52-78(80)91(84)77-51-66(88(12,13)14)37-46-79(77)93(81)69-41-35-65(36-42-69)87(9,10)11/h20-56H,1-19H3. The number of hydrogen-bond acceptors (Lipinski definition) is 3. The van der Waals surface area contributed by atoms with Crippen LogP contribution in [0.25, 0.3) is 44.2 Å². The van der Waals surface area contributed by atoms with Gasteiger partial charge < -0.3 is 14.7 Å². The number of benzene rings is 11. The van der Waals surface area contributed by atoms with Crippen LogP contribution in [-0.4, -0.2) is 6.71 Å². The zero-order valence-electron chi connectivity index (χ0n) is 59.3. The van der Waals surface area contributed by atoms with E-state index in [1.54, 1.807) is 0 Å². The highest BCUT2D eigenvalue weighted by molar-refractivity contribution is 7.00. The summed E-state index contributed by atoms with van der Waals surface area (Å²) in [5, 5.41) is 2.58. The van der Waals surface area contributed by atoms with E-state index in [4.69, 9.17) is 0 Å². The fourth-order valence-corrected chi connectivity index (χ4v) is 15.2. The van der Waals surface area contributed by atoms with E-state index in [1.165, 1.54) is 122 Å². The van der Waals surface area contributed by atoms with Gasteiger partial charge in [0.2, 0.25) is 0 Å². The van der Waals surface area contributed by atoms with Crippen LogP contribution in [0, 0.1) is 0 Å². The molecule has 0 amide bonds. The first-order valence-electron chi connectivity index (χ1n) is 34.4. The molecule has 0 N–H and O–H groups in total. The fraction of sp³-hybridized carbons (Fsp3) is 0.289. The molecule has 0 radical (unpaired) electrons. The molecule has 0 bridgehead atoms. The van der Waals surface area contributed by atoms with Gasteiger partial charge in [-0.05, 0) is 217 Å². The first kappa shape index (κ1) is 62.6. The smallest absolute Gasteiger partial charge is 0.252 e. The quantitative estimate of drug-likeness (QED) is 0.140.